The molecule has 146 valence electrons. The molecular formula is C20H25N7O. The monoisotopic (exact) mass is 379 g/mol. The van der Waals surface area contributed by atoms with Crippen LogP contribution in [0.4, 0.5) is 0 Å². The second kappa shape index (κ2) is 7.53. The highest BCUT2D eigenvalue weighted by molar-refractivity contribution is 5.94. The topological polar surface area (TPSA) is 81.7 Å². The summed E-state index contributed by atoms with van der Waals surface area (Å²) in [7, 11) is 0. The molecule has 1 atom stereocenters. The molecule has 28 heavy (non-hydrogen) atoms. The molecule has 0 saturated carbocycles. The molecular weight excluding hydrogens is 354 g/mol. The van der Waals surface area contributed by atoms with Crippen LogP contribution in [0.2, 0.25) is 0 Å². The molecule has 1 saturated heterocycles. The number of carbonyl (C=O) groups is 1. The highest BCUT2D eigenvalue weighted by Crippen LogP contribution is 2.28. The van der Waals surface area contributed by atoms with Crippen molar-refractivity contribution in [3.05, 3.63) is 53.9 Å². The van der Waals surface area contributed by atoms with E-state index in [-0.39, 0.29) is 11.8 Å². The Balaban J connectivity index is 1.55. The molecule has 0 spiro atoms. The number of rotatable bonds is 4. The molecule has 1 amide bonds. The van der Waals surface area contributed by atoms with E-state index in [1.54, 1.807) is 4.68 Å². The molecule has 4 rings (SSSR count). The summed E-state index contributed by atoms with van der Waals surface area (Å²) in [5.41, 5.74) is 1.44. The number of hydrogen-bond donors (Lipinski definition) is 0. The van der Waals surface area contributed by atoms with Crippen LogP contribution in [0.15, 0.2) is 36.7 Å². The van der Waals surface area contributed by atoms with Gasteiger partial charge in [-0.15, -0.1) is 5.10 Å². The summed E-state index contributed by atoms with van der Waals surface area (Å²) in [6, 6.07) is 7.84. The van der Waals surface area contributed by atoms with Crippen molar-refractivity contribution in [1.29, 1.82) is 0 Å². The third-order valence-electron chi connectivity index (χ3n) is 5.29. The zero-order chi connectivity index (χ0) is 19.7. The smallest absolute Gasteiger partial charge is 0.253 e. The average molecular weight is 379 g/mol. The Morgan fingerprint density at radius 2 is 2.14 bits per heavy atom. The van der Waals surface area contributed by atoms with Crippen molar-refractivity contribution in [2.45, 2.75) is 45.6 Å². The lowest BCUT2D eigenvalue weighted by Gasteiger charge is -2.33. The first kappa shape index (κ1) is 18.3. The normalized spacial score (nSPS) is 17.3. The summed E-state index contributed by atoms with van der Waals surface area (Å²) in [5, 5.41) is 11.6. The van der Waals surface area contributed by atoms with Crippen molar-refractivity contribution in [1.82, 2.24) is 34.7 Å². The maximum atomic E-state index is 13.2. The first-order chi connectivity index (χ1) is 13.5. The van der Waals surface area contributed by atoms with Crippen LogP contribution in [-0.2, 0) is 0 Å². The molecule has 3 aromatic rings. The number of likely N-dealkylation sites (tertiary alicyclic amines) is 1. The van der Waals surface area contributed by atoms with E-state index in [0.29, 0.717) is 24.0 Å². The van der Waals surface area contributed by atoms with E-state index < -0.39 is 0 Å². The highest BCUT2D eigenvalue weighted by atomic mass is 16.2. The molecule has 1 aliphatic heterocycles. The summed E-state index contributed by atoms with van der Waals surface area (Å²) < 4.78 is 3.84. The van der Waals surface area contributed by atoms with E-state index in [2.05, 4.69) is 38.9 Å². The van der Waals surface area contributed by atoms with Crippen molar-refractivity contribution < 1.29 is 4.79 Å². The van der Waals surface area contributed by atoms with Crippen LogP contribution in [0.25, 0.3) is 5.69 Å². The SMILES string of the molecule is Cc1nnnn1-c1cccc(C(=O)N2CCCC(c3nccn3C(C)C)C2)c1. The number of tetrazole rings is 1. The van der Waals surface area contributed by atoms with E-state index in [4.69, 9.17) is 0 Å². The maximum Gasteiger partial charge on any atom is 0.253 e. The average Bonchev–Trinajstić information content (AvgIpc) is 3.37. The van der Waals surface area contributed by atoms with Crippen molar-refractivity contribution in [3.63, 3.8) is 0 Å². The van der Waals surface area contributed by atoms with Crippen molar-refractivity contribution >= 4 is 5.91 Å². The van der Waals surface area contributed by atoms with Gasteiger partial charge in [0.15, 0.2) is 5.82 Å². The minimum Gasteiger partial charge on any atom is -0.338 e. The Bertz CT molecular complexity index is 974. The van der Waals surface area contributed by atoms with Gasteiger partial charge in [-0.3, -0.25) is 4.79 Å². The van der Waals surface area contributed by atoms with Crippen LogP contribution in [0, 0.1) is 6.92 Å². The number of imidazole rings is 1. The van der Waals surface area contributed by atoms with Gasteiger partial charge in [-0.2, -0.15) is 4.68 Å². The van der Waals surface area contributed by atoms with Gasteiger partial charge in [0.2, 0.25) is 0 Å². The number of aryl methyl sites for hydroxylation is 1. The minimum atomic E-state index is 0.0416. The number of carbonyl (C=O) groups excluding carboxylic acids is 1. The molecule has 1 aliphatic rings. The fourth-order valence-corrected chi connectivity index (χ4v) is 3.87. The largest absolute Gasteiger partial charge is 0.338 e. The molecule has 2 aromatic heterocycles. The Morgan fingerprint density at radius 1 is 1.29 bits per heavy atom. The fourth-order valence-electron chi connectivity index (χ4n) is 3.87. The van der Waals surface area contributed by atoms with Gasteiger partial charge in [0.05, 0.1) is 5.69 Å². The van der Waals surface area contributed by atoms with Crippen LogP contribution in [-0.4, -0.2) is 53.7 Å². The van der Waals surface area contributed by atoms with E-state index in [1.165, 1.54) is 0 Å². The molecule has 1 unspecified atom stereocenters. The van der Waals surface area contributed by atoms with Gasteiger partial charge in [-0.05, 0) is 62.2 Å². The number of benzene rings is 1. The highest BCUT2D eigenvalue weighted by Gasteiger charge is 2.28. The Kier molecular flexibility index (Phi) is 4.93. The van der Waals surface area contributed by atoms with Crippen LogP contribution in [0.3, 0.4) is 0 Å². The van der Waals surface area contributed by atoms with Gasteiger partial charge in [-0.25, -0.2) is 4.98 Å². The van der Waals surface area contributed by atoms with Crippen molar-refractivity contribution in [2.75, 3.05) is 13.1 Å². The quantitative estimate of drug-likeness (QED) is 0.696. The third-order valence-corrected chi connectivity index (χ3v) is 5.29. The predicted molar refractivity (Wildman–Crippen MR) is 104 cm³/mol. The molecule has 1 fully saturated rings. The van der Waals surface area contributed by atoms with Gasteiger partial charge < -0.3 is 9.47 Å². The molecule has 1 aromatic carbocycles. The predicted octanol–water partition coefficient (Wildman–Crippen LogP) is 2.77. The minimum absolute atomic E-state index is 0.0416. The lowest BCUT2D eigenvalue weighted by Crippen LogP contribution is -2.39. The Hall–Kier alpha value is -3.03. The van der Waals surface area contributed by atoms with E-state index >= 15 is 0 Å². The van der Waals surface area contributed by atoms with E-state index in [0.717, 1.165) is 30.9 Å². The molecule has 0 bridgehead atoms. The second-order valence-corrected chi connectivity index (χ2v) is 7.57. The molecule has 0 radical (unpaired) electrons. The Labute approximate surface area is 164 Å². The maximum absolute atomic E-state index is 13.2. The number of hydrogen-bond acceptors (Lipinski definition) is 5. The van der Waals surface area contributed by atoms with Gasteiger partial charge in [0.1, 0.15) is 5.82 Å². The molecule has 0 aliphatic carbocycles. The van der Waals surface area contributed by atoms with Crippen molar-refractivity contribution in [3.8, 4) is 5.69 Å². The van der Waals surface area contributed by atoms with Gasteiger partial charge in [-0.1, -0.05) is 6.07 Å². The third kappa shape index (κ3) is 3.42. The van der Waals surface area contributed by atoms with Crippen LogP contribution >= 0.6 is 0 Å². The number of aromatic nitrogens is 6. The van der Waals surface area contributed by atoms with Crippen molar-refractivity contribution in [2.24, 2.45) is 0 Å². The standard InChI is InChI=1S/C20H25N7O/c1-14(2)26-11-9-21-19(26)17-7-5-10-25(13-17)20(28)16-6-4-8-18(12-16)27-15(3)22-23-24-27/h4,6,8-9,11-12,14,17H,5,7,10,13H2,1-3H3. The summed E-state index contributed by atoms with van der Waals surface area (Å²) >= 11 is 0. The summed E-state index contributed by atoms with van der Waals surface area (Å²) in [6.45, 7) is 7.61. The van der Waals surface area contributed by atoms with Crippen LogP contribution < -0.4 is 0 Å². The lowest BCUT2D eigenvalue weighted by molar-refractivity contribution is 0.0703. The summed E-state index contributed by atoms with van der Waals surface area (Å²) in [5.74, 6) is 2.06. The molecule has 8 nitrogen and oxygen atoms in total. The number of piperidine rings is 1. The van der Waals surface area contributed by atoms with E-state index in [1.807, 2.05) is 48.5 Å². The van der Waals surface area contributed by atoms with E-state index in [9.17, 15) is 4.79 Å². The Morgan fingerprint density at radius 3 is 2.89 bits per heavy atom. The van der Waals surface area contributed by atoms with Gasteiger partial charge >= 0.3 is 0 Å². The number of amides is 1. The zero-order valence-corrected chi connectivity index (χ0v) is 16.5. The summed E-state index contributed by atoms with van der Waals surface area (Å²) in [4.78, 5) is 19.7. The fraction of sp³-hybridized carbons (Fsp3) is 0.450. The summed E-state index contributed by atoms with van der Waals surface area (Å²) in [6.07, 6.45) is 5.91. The van der Waals surface area contributed by atoms with Crippen LogP contribution in [0.1, 0.15) is 60.7 Å². The molecule has 3 heterocycles. The second-order valence-electron chi connectivity index (χ2n) is 7.57. The number of nitrogens with zero attached hydrogens (tertiary/aromatic N) is 7. The molecule has 0 N–H and O–H groups in total. The zero-order valence-electron chi connectivity index (χ0n) is 16.5. The molecule has 8 heteroatoms. The van der Waals surface area contributed by atoms with Gasteiger partial charge in [0.25, 0.3) is 5.91 Å². The first-order valence-corrected chi connectivity index (χ1v) is 9.72. The lowest BCUT2D eigenvalue weighted by atomic mass is 9.96. The first-order valence-electron chi connectivity index (χ1n) is 9.72. The van der Waals surface area contributed by atoms with Gasteiger partial charge in [0, 0.05) is 43.0 Å². The van der Waals surface area contributed by atoms with Crippen LogP contribution in [0.5, 0.6) is 0 Å².